The van der Waals surface area contributed by atoms with E-state index in [4.69, 9.17) is 0 Å². The molecule has 3 aliphatic rings. The van der Waals surface area contributed by atoms with Crippen LogP contribution in [-0.4, -0.2) is 38.7 Å². The Hall–Kier alpha value is -1.39. The number of likely N-dealkylation sites (tertiary alicyclic amines) is 1. The van der Waals surface area contributed by atoms with Crippen LogP contribution >= 0.6 is 0 Å². The molecule has 1 unspecified atom stereocenters. The van der Waals surface area contributed by atoms with Crippen molar-refractivity contribution < 1.29 is 4.79 Å². The van der Waals surface area contributed by atoms with Crippen molar-refractivity contribution in [3.05, 3.63) is 12.2 Å². The summed E-state index contributed by atoms with van der Waals surface area (Å²) in [5.41, 5.74) is 0.253. The van der Waals surface area contributed by atoms with Crippen LogP contribution in [0.25, 0.3) is 0 Å². The number of carbonyl (C=O) groups is 1. The van der Waals surface area contributed by atoms with Gasteiger partial charge in [0, 0.05) is 32.5 Å². The van der Waals surface area contributed by atoms with E-state index in [0.29, 0.717) is 17.7 Å². The number of carbonyl (C=O) groups excluding carboxylic acids is 1. The average molecular weight is 330 g/mol. The summed E-state index contributed by atoms with van der Waals surface area (Å²) in [5.74, 6) is 2.45. The van der Waals surface area contributed by atoms with Gasteiger partial charge >= 0.3 is 0 Å². The highest BCUT2D eigenvalue weighted by Crippen LogP contribution is 2.53. The number of amides is 1. The van der Waals surface area contributed by atoms with E-state index in [1.807, 2.05) is 7.05 Å². The van der Waals surface area contributed by atoms with E-state index in [0.717, 1.165) is 25.3 Å². The first-order chi connectivity index (χ1) is 11.7. The second kappa shape index (κ2) is 6.49. The van der Waals surface area contributed by atoms with Crippen LogP contribution in [0.3, 0.4) is 0 Å². The van der Waals surface area contributed by atoms with Crippen LogP contribution < -0.4 is 0 Å². The lowest BCUT2D eigenvalue weighted by Crippen LogP contribution is -2.32. The van der Waals surface area contributed by atoms with E-state index < -0.39 is 0 Å². The van der Waals surface area contributed by atoms with Crippen molar-refractivity contribution in [1.82, 2.24) is 19.7 Å². The van der Waals surface area contributed by atoms with Crippen molar-refractivity contribution in [1.29, 1.82) is 0 Å². The number of hydrogen-bond acceptors (Lipinski definition) is 3. The van der Waals surface area contributed by atoms with Crippen molar-refractivity contribution >= 4 is 5.91 Å². The van der Waals surface area contributed by atoms with Gasteiger partial charge in [-0.2, -0.15) is 0 Å². The fraction of sp³-hybridized carbons (Fsp3) is 0.842. The summed E-state index contributed by atoms with van der Waals surface area (Å²) in [6.07, 6.45) is 14.1. The molecule has 0 N–H and O–H groups in total. The Bertz CT molecular complexity index is 584. The third-order valence-corrected chi connectivity index (χ3v) is 6.85. The molecule has 3 fully saturated rings. The number of hydrogen-bond donors (Lipinski definition) is 0. The first-order valence-electron chi connectivity index (χ1n) is 9.80. The Morgan fingerprint density at radius 1 is 1.21 bits per heavy atom. The Morgan fingerprint density at radius 3 is 2.62 bits per heavy atom. The van der Waals surface area contributed by atoms with Crippen molar-refractivity contribution in [3.8, 4) is 0 Å². The molecule has 1 amide bonds. The first-order valence-corrected chi connectivity index (χ1v) is 9.80. The van der Waals surface area contributed by atoms with Crippen molar-refractivity contribution in [2.75, 3.05) is 13.1 Å². The van der Waals surface area contributed by atoms with Crippen LogP contribution in [0.4, 0.5) is 0 Å². The van der Waals surface area contributed by atoms with E-state index in [1.165, 1.54) is 57.8 Å². The van der Waals surface area contributed by atoms with Crippen molar-refractivity contribution in [2.24, 2.45) is 18.4 Å². The molecule has 2 aliphatic carbocycles. The van der Waals surface area contributed by atoms with Gasteiger partial charge in [-0.1, -0.05) is 32.1 Å². The molecule has 1 aliphatic heterocycles. The molecular formula is C19H30N4O. The highest BCUT2D eigenvalue weighted by Gasteiger charge is 2.51. The fourth-order valence-corrected chi connectivity index (χ4v) is 5.48. The van der Waals surface area contributed by atoms with Crippen LogP contribution in [0.5, 0.6) is 0 Å². The largest absolute Gasteiger partial charge is 0.341 e. The van der Waals surface area contributed by atoms with Gasteiger partial charge in [0.05, 0.1) is 0 Å². The Kier molecular flexibility index (Phi) is 4.35. The summed E-state index contributed by atoms with van der Waals surface area (Å²) in [6.45, 7) is 1.79. The monoisotopic (exact) mass is 330 g/mol. The topological polar surface area (TPSA) is 51.0 Å². The maximum absolute atomic E-state index is 12.9. The summed E-state index contributed by atoms with van der Waals surface area (Å²) >= 11 is 0. The third-order valence-electron chi connectivity index (χ3n) is 6.85. The molecule has 1 aromatic rings. The van der Waals surface area contributed by atoms with E-state index >= 15 is 0 Å². The van der Waals surface area contributed by atoms with Gasteiger partial charge in [-0.25, -0.2) is 0 Å². The summed E-state index contributed by atoms with van der Waals surface area (Å²) < 4.78 is 2.06. The molecule has 0 radical (unpaired) electrons. The zero-order chi connectivity index (χ0) is 16.6. The molecule has 1 atom stereocenters. The van der Waals surface area contributed by atoms with Gasteiger partial charge in [-0.3, -0.25) is 4.79 Å². The third kappa shape index (κ3) is 2.86. The molecule has 2 heterocycles. The van der Waals surface area contributed by atoms with Gasteiger partial charge in [0.15, 0.2) is 0 Å². The zero-order valence-corrected chi connectivity index (χ0v) is 14.9. The van der Waals surface area contributed by atoms with Crippen molar-refractivity contribution in [3.63, 3.8) is 0 Å². The predicted molar refractivity (Wildman–Crippen MR) is 92.4 cm³/mol. The average Bonchev–Trinajstić information content (AvgIpc) is 3.30. The minimum atomic E-state index is 0.253. The van der Waals surface area contributed by atoms with Crippen molar-refractivity contribution in [2.45, 2.75) is 70.1 Å². The molecular weight excluding hydrogens is 300 g/mol. The molecule has 4 rings (SSSR count). The van der Waals surface area contributed by atoms with Gasteiger partial charge in [0.1, 0.15) is 12.2 Å². The lowest BCUT2D eigenvalue weighted by Gasteiger charge is -2.29. The molecule has 0 aromatic carbocycles. The molecule has 1 spiro atoms. The van der Waals surface area contributed by atoms with E-state index in [1.54, 1.807) is 6.33 Å². The molecule has 1 aromatic heterocycles. The maximum Gasteiger partial charge on any atom is 0.222 e. The van der Waals surface area contributed by atoms with Crippen LogP contribution in [0.15, 0.2) is 6.33 Å². The van der Waals surface area contributed by atoms with Gasteiger partial charge in [0.2, 0.25) is 5.91 Å². The molecule has 5 nitrogen and oxygen atoms in total. The Morgan fingerprint density at radius 2 is 1.96 bits per heavy atom. The van der Waals surface area contributed by atoms with Gasteiger partial charge in [-0.05, 0) is 37.0 Å². The van der Waals surface area contributed by atoms with Gasteiger partial charge < -0.3 is 9.47 Å². The summed E-state index contributed by atoms with van der Waals surface area (Å²) in [4.78, 5) is 15.1. The van der Waals surface area contributed by atoms with E-state index in [-0.39, 0.29) is 5.41 Å². The Labute approximate surface area is 144 Å². The molecule has 2 saturated carbocycles. The lowest BCUT2D eigenvalue weighted by atomic mass is 9.76. The normalized spacial score (nSPS) is 27.2. The molecule has 0 bridgehead atoms. The number of nitrogens with zero attached hydrogens (tertiary/aromatic N) is 4. The SMILES string of the molecule is Cn1cnnc1C1CN(C(=O)CC2CCCCC2)CC12CCCC2. The first kappa shape index (κ1) is 16.1. The van der Waals surface area contributed by atoms with E-state index in [9.17, 15) is 4.79 Å². The standard InChI is InChI=1S/C19H30N4O/c1-22-14-20-21-18(22)16-12-23(13-19(16)9-5-6-10-19)17(24)11-15-7-3-2-4-8-15/h14-16H,2-13H2,1H3. The molecule has 1 saturated heterocycles. The highest BCUT2D eigenvalue weighted by molar-refractivity contribution is 5.77. The second-order valence-corrected chi connectivity index (χ2v) is 8.40. The molecule has 24 heavy (non-hydrogen) atoms. The van der Waals surface area contributed by atoms with Crippen LogP contribution in [0.1, 0.15) is 76.0 Å². The van der Waals surface area contributed by atoms with Crippen LogP contribution in [0, 0.1) is 11.3 Å². The quantitative estimate of drug-likeness (QED) is 0.854. The van der Waals surface area contributed by atoms with Gasteiger partial charge in [0.25, 0.3) is 0 Å². The number of aryl methyl sites for hydroxylation is 1. The van der Waals surface area contributed by atoms with Gasteiger partial charge in [-0.15, -0.1) is 10.2 Å². The number of aromatic nitrogens is 3. The minimum Gasteiger partial charge on any atom is -0.341 e. The predicted octanol–water partition coefficient (Wildman–Crippen LogP) is 3.27. The lowest BCUT2D eigenvalue weighted by molar-refractivity contribution is -0.131. The zero-order valence-electron chi connectivity index (χ0n) is 14.9. The summed E-state index contributed by atoms with van der Waals surface area (Å²) in [6, 6.07) is 0. The van der Waals surface area contributed by atoms with Crippen LogP contribution in [-0.2, 0) is 11.8 Å². The molecule has 132 valence electrons. The summed E-state index contributed by atoms with van der Waals surface area (Å²) in [5, 5.41) is 8.50. The van der Waals surface area contributed by atoms with Crippen LogP contribution in [0.2, 0.25) is 0 Å². The molecule has 5 heteroatoms. The number of rotatable bonds is 3. The minimum absolute atomic E-state index is 0.253. The van der Waals surface area contributed by atoms with E-state index in [2.05, 4.69) is 19.7 Å². The maximum atomic E-state index is 12.9. The fourth-order valence-electron chi connectivity index (χ4n) is 5.48. The second-order valence-electron chi connectivity index (χ2n) is 8.40. The smallest absolute Gasteiger partial charge is 0.222 e. The highest BCUT2D eigenvalue weighted by atomic mass is 16.2. The Balaban J connectivity index is 1.49. The summed E-state index contributed by atoms with van der Waals surface area (Å²) in [7, 11) is 2.03.